The Hall–Kier alpha value is -0.900. The van der Waals surface area contributed by atoms with E-state index in [2.05, 4.69) is 0 Å². The van der Waals surface area contributed by atoms with Crippen LogP contribution in [0.3, 0.4) is 0 Å². The molecule has 5 heteroatoms. The summed E-state index contributed by atoms with van der Waals surface area (Å²) in [5, 5.41) is 0. The Bertz CT molecular complexity index is 404. The van der Waals surface area contributed by atoms with Gasteiger partial charge in [-0.2, -0.15) is 13.2 Å². The quantitative estimate of drug-likeness (QED) is 0.724. The van der Waals surface area contributed by atoms with Crippen LogP contribution < -0.4 is 4.90 Å². The highest BCUT2D eigenvalue weighted by atomic mass is 35.5. The zero-order valence-corrected chi connectivity index (χ0v) is 11.4. The molecule has 0 spiro atoms. The standard InChI is InChI=1S/C13H17ClF3N/c1-4-9(2)18(3)11-6-5-10(8-14)12(7-11)13(15,16)17/h5-7,9H,4,8H2,1-3H3. The van der Waals surface area contributed by atoms with E-state index in [1.54, 1.807) is 13.1 Å². The molecule has 1 nitrogen and oxygen atoms in total. The molecule has 1 unspecified atom stereocenters. The number of alkyl halides is 4. The minimum absolute atomic E-state index is 0.116. The molecule has 102 valence electrons. The van der Waals surface area contributed by atoms with Gasteiger partial charge in [-0.3, -0.25) is 0 Å². The number of halogens is 4. The van der Waals surface area contributed by atoms with E-state index in [4.69, 9.17) is 11.6 Å². The second kappa shape index (κ2) is 5.83. The van der Waals surface area contributed by atoms with Gasteiger partial charge in [-0.05, 0) is 31.0 Å². The fourth-order valence-electron chi connectivity index (χ4n) is 1.69. The van der Waals surface area contributed by atoms with E-state index in [1.807, 2.05) is 18.7 Å². The summed E-state index contributed by atoms with van der Waals surface area (Å²) >= 11 is 5.55. The summed E-state index contributed by atoms with van der Waals surface area (Å²) < 4.78 is 38.7. The number of benzene rings is 1. The lowest BCUT2D eigenvalue weighted by atomic mass is 10.1. The van der Waals surface area contributed by atoms with Crippen molar-refractivity contribution in [2.45, 2.75) is 38.4 Å². The van der Waals surface area contributed by atoms with E-state index in [1.165, 1.54) is 12.1 Å². The molecule has 0 bridgehead atoms. The highest BCUT2D eigenvalue weighted by molar-refractivity contribution is 6.17. The minimum Gasteiger partial charge on any atom is -0.372 e. The molecule has 0 saturated carbocycles. The van der Waals surface area contributed by atoms with Gasteiger partial charge in [0, 0.05) is 24.7 Å². The van der Waals surface area contributed by atoms with Gasteiger partial charge in [-0.1, -0.05) is 13.0 Å². The first-order valence-electron chi connectivity index (χ1n) is 5.80. The van der Waals surface area contributed by atoms with E-state index in [0.717, 1.165) is 6.42 Å². The Labute approximate surface area is 111 Å². The Kier molecular flexibility index (Phi) is 4.91. The van der Waals surface area contributed by atoms with Gasteiger partial charge in [-0.15, -0.1) is 11.6 Å². The third kappa shape index (κ3) is 3.31. The van der Waals surface area contributed by atoms with Crippen molar-refractivity contribution in [3.63, 3.8) is 0 Å². The van der Waals surface area contributed by atoms with Crippen LogP contribution in [0.5, 0.6) is 0 Å². The molecule has 0 N–H and O–H groups in total. The highest BCUT2D eigenvalue weighted by Crippen LogP contribution is 2.35. The Morgan fingerprint density at radius 1 is 1.33 bits per heavy atom. The monoisotopic (exact) mass is 279 g/mol. The zero-order chi connectivity index (χ0) is 13.9. The smallest absolute Gasteiger partial charge is 0.372 e. The normalized spacial score (nSPS) is 13.5. The van der Waals surface area contributed by atoms with E-state index in [9.17, 15) is 13.2 Å². The van der Waals surface area contributed by atoms with Crippen molar-refractivity contribution in [1.29, 1.82) is 0 Å². The van der Waals surface area contributed by atoms with Gasteiger partial charge in [0.05, 0.1) is 5.56 Å². The van der Waals surface area contributed by atoms with Crippen LogP contribution in [0.2, 0.25) is 0 Å². The fourth-order valence-corrected chi connectivity index (χ4v) is 1.93. The lowest BCUT2D eigenvalue weighted by Crippen LogP contribution is -2.28. The summed E-state index contributed by atoms with van der Waals surface area (Å²) in [6.07, 6.45) is -3.49. The van der Waals surface area contributed by atoms with E-state index < -0.39 is 11.7 Å². The van der Waals surface area contributed by atoms with E-state index >= 15 is 0 Å². The van der Waals surface area contributed by atoms with Crippen molar-refractivity contribution in [1.82, 2.24) is 0 Å². The first-order chi connectivity index (χ1) is 8.31. The van der Waals surface area contributed by atoms with Gasteiger partial charge >= 0.3 is 6.18 Å². The topological polar surface area (TPSA) is 3.24 Å². The molecule has 0 saturated heterocycles. The predicted molar refractivity (Wildman–Crippen MR) is 69.2 cm³/mol. The molecular formula is C13H17ClF3N. The van der Waals surface area contributed by atoms with Crippen molar-refractivity contribution < 1.29 is 13.2 Å². The number of hydrogen-bond donors (Lipinski definition) is 0. The van der Waals surface area contributed by atoms with Gasteiger partial charge < -0.3 is 4.90 Å². The van der Waals surface area contributed by atoms with Crippen LogP contribution >= 0.6 is 11.6 Å². The number of anilines is 1. The van der Waals surface area contributed by atoms with Crippen LogP contribution in [0.4, 0.5) is 18.9 Å². The van der Waals surface area contributed by atoms with Gasteiger partial charge in [-0.25, -0.2) is 0 Å². The summed E-state index contributed by atoms with van der Waals surface area (Å²) in [5.41, 5.74) is 0.0289. The molecule has 1 aromatic rings. The molecule has 0 aliphatic heterocycles. The molecule has 18 heavy (non-hydrogen) atoms. The first kappa shape index (κ1) is 15.2. The molecule has 0 fully saturated rings. The first-order valence-corrected chi connectivity index (χ1v) is 6.33. The van der Waals surface area contributed by atoms with Crippen LogP contribution in [-0.2, 0) is 12.1 Å². The average molecular weight is 280 g/mol. The fraction of sp³-hybridized carbons (Fsp3) is 0.538. The lowest BCUT2D eigenvalue weighted by molar-refractivity contribution is -0.138. The SMILES string of the molecule is CCC(C)N(C)c1ccc(CCl)c(C(F)(F)F)c1. The van der Waals surface area contributed by atoms with Crippen LogP contribution in [0.25, 0.3) is 0 Å². The Morgan fingerprint density at radius 2 is 1.94 bits per heavy atom. The number of rotatable bonds is 4. The molecular weight excluding hydrogens is 263 g/mol. The predicted octanol–water partition coefficient (Wildman–Crippen LogP) is 4.68. The molecule has 0 heterocycles. The van der Waals surface area contributed by atoms with Crippen LogP contribution in [0, 0.1) is 0 Å². The molecule has 1 rings (SSSR count). The van der Waals surface area contributed by atoms with Gasteiger partial charge in [0.25, 0.3) is 0 Å². The maximum atomic E-state index is 12.9. The van der Waals surface area contributed by atoms with E-state index in [0.29, 0.717) is 5.69 Å². The molecule has 1 aromatic carbocycles. The van der Waals surface area contributed by atoms with Crippen LogP contribution in [0.1, 0.15) is 31.4 Å². The van der Waals surface area contributed by atoms with Gasteiger partial charge in [0.15, 0.2) is 0 Å². The van der Waals surface area contributed by atoms with Gasteiger partial charge in [0.1, 0.15) is 0 Å². The minimum atomic E-state index is -4.36. The molecule has 0 radical (unpaired) electrons. The number of hydrogen-bond acceptors (Lipinski definition) is 1. The largest absolute Gasteiger partial charge is 0.416 e. The average Bonchev–Trinajstić information content (AvgIpc) is 2.35. The third-order valence-electron chi connectivity index (χ3n) is 3.20. The summed E-state index contributed by atoms with van der Waals surface area (Å²) in [5.74, 6) is -0.137. The van der Waals surface area contributed by atoms with Crippen molar-refractivity contribution >= 4 is 17.3 Å². The molecule has 0 aromatic heterocycles. The summed E-state index contributed by atoms with van der Waals surface area (Å²) in [4.78, 5) is 1.84. The lowest BCUT2D eigenvalue weighted by Gasteiger charge is -2.27. The molecule has 1 atom stereocenters. The summed E-state index contributed by atoms with van der Waals surface area (Å²) in [7, 11) is 1.80. The Balaban J connectivity index is 3.18. The maximum Gasteiger partial charge on any atom is 0.416 e. The van der Waals surface area contributed by atoms with Crippen LogP contribution in [0.15, 0.2) is 18.2 Å². The van der Waals surface area contributed by atoms with E-state index in [-0.39, 0.29) is 17.5 Å². The van der Waals surface area contributed by atoms with Crippen molar-refractivity contribution in [2.24, 2.45) is 0 Å². The Morgan fingerprint density at radius 3 is 2.39 bits per heavy atom. The second-order valence-electron chi connectivity index (χ2n) is 4.34. The third-order valence-corrected chi connectivity index (χ3v) is 3.49. The van der Waals surface area contributed by atoms with Crippen molar-refractivity contribution in [2.75, 3.05) is 11.9 Å². The van der Waals surface area contributed by atoms with Gasteiger partial charge in [0.2, 0.25) is 0 Å². The second-order valence-corrected chi connectivity index (χ2v) is 4.61. The van der Waals surface area contributed by atoms with Crippen molar-refractivity contribution in [3.05, 3.63) is 29.3 Å². The maximum absolute atomic E-state index is 12.9. The zero-order valence-electron chi connectivity index (χ0n) is 10.7. The summed E-state index contributed by atoms with van der Waals surface area (Å²) in [6, 6.07) is 4.49. The van der Waals surface area contributed by atoms with Crippen molar-refractivity contribution in [3.8, 4) is 0 Å². The molecule has 0 aliphatic carbocycles. The highest BCUT2D eigenvalue weighted by Gasteiger charge is 2.33. The molecule has 0 amide bonds. The molecule has 0 aliphatic rings. The van der Waals surface area contributed by atoms with Crippen LogP contribution in [-0.4, -0.2) is 13.1 Å². The summed E-state index contributed by atoms with van der Waals surface area (Å²) in [6.45, 7) is 3.97. The number of nitrogens with zero attached hydrogens (tertiary/aromatic N) is 1.